The van der Waals surface area contributed by atoms with Crippen molar-refractivity contribution in [1.82, 2.24) is 0 Å². The van der Waals surface area contributed by atoms with E-state index in [4.69, 9.17) is 9.47 Å². The first-order chi connectivity index (χ1) is 9.72. The lowest BCUT2D eigenvalue weighted by Crippen LogP contribution is -1.94. The van der Waals surface area contributed by atoms with E-state index in [9.17, 15) is 4.79 Å². The van der Waals surface area contributed by atoms with Crippen molar-refractivity contribution in [2.75, 3.05) is 6.79 Å². The van der Waals surface area contributed by atoms with Crippen LogP contribution in [0.3, 0.4) is 0 Å². The molecule has 2 aromatic carbocycles. The molecule has 0 unspecified atom stereocenters. The summed E-state index contributed by atoms with van der Waals surface area (Å²) in [5.74, 6) is 1.23. The Morgan fingerprint density at radius 1 is 1.05 bits per heavy atom. The van der Waals surface area contributed by atoms with E-state index >= 15 is 0 Å². The molecule has 100 valence electrons. The van der Waals surface area contributed by atoms with Crippen LogP contribution in [0.5, 0.6) is 11.5 Å². The van der Waals surface area contributed by atoms with Crippen LogP contribution in [-0.4, -0.2) is 12.6 Å². The number of fused-ring (bicyclic) bond motifs is 1. The van der Waals surface area contributed by atoms with Crippen molar-refractivity contribution in [2.24, 2.45) is 0 Å². The average molecular weight is 331 g/mol. The fraction of sp³-hybridized carbons (Fsp3) is 0.0625. The number of allylic oxidation sites excluding steroid dienone is 1. The molecule has 4 heteroatoms. The van der Waals surface area contributed by atoms with Crippen LogP contribution < -0.4 is 9.47 Å². The van der Waals surface area contributed by atoms with Crippen molar-refractivity contribution in [3.63, 3.8) is 0 Å². The fourth-order valence-corrected chi connectivity index (χ4v) is 2.16. The van der Waals surface area contributed by atoms with Crippen LogP contribution in [0.2, 0.25) is 0 Å². The lowest BCUT2D eigenvalue weighted by atomic mass is 10.1. The normalized spacial score (nSPS) is 12.8. The quantitative estimate of drug-likeness (QED) is 0.628. The molecule has 3 nitrogen and oxygen atoms in total. The Morgan fingerprint density at radius 2 is 1.80 bits per heavy atom. The summed E-state index contributed by atoms with van der Waals surface area (Å²) in [6, 6.07) is 12.9. The van der Waals surface area contributed by atoms with Gasteiger partial charge < -0.3 is 9.47 Å². The number of benzene rings is 2. The van der Waals surface area contributed by atoms with E-state index in [0.29, 0.717) is 17.1 Å². The Hall–Kier alpha value is -2.07. The van der Waals surface area contributed by atoms with Crippen molar-refractivity contribution >= 4 is 27.8 Å². The van der Waals surface area contributed by atoms with Gasteiger partial charge in [0, 0.05) is 10.0 Å². The van der Waals surface area contributed by atoms with Gasteiger partial charge in [-0.1, -0.05) is 34.1 Å². The zero-order valence-corrected chi connectivity index (χ0v) is 12.1. The Labute approximate surface area is 125 Å². The third kappa shape index (κ3) is 2.75. The molecule has 20 heavy (non-hydrogen) atoms. The molecule has 0 atom stereocenters. The minimum Gasteiger partial charge on any atom is -0.454 e. The van der Waals surface area contributed by atoms with Gasteiger partial charge in [0.05, 0.1) is 0 Å². The summed E-state index contributed by atoms with van der Waals surface area (Å²) >= 11 is 3.37. The molecule has 1 heterocycles. The molecule has 0 aromatic heterocycles. The maximum absolute atomic E-state index is 12.1. The number of carbonyl (C=O) groups is 1. The van der Waals surface area contributed by atoms with Crippen LogP contribution in [-0.2, 0) is 0 Å². The number of halogens is 1. The highest BCUT2D eigenvalue weighted by Gasteiger charge is 2.14. The van der Waals surface area contributed by atoms with Gasteiger partial charge in [0.2, 0.25) is 6.79 Å². The van der Waals surface area contributed by atoms with Gasteiger partial charge in [-0.25, -0.2) is 0 Å². The Morgan fingerprint density at radius 3 is 2.60 bits per heavy atom. The predicted molar refractivity (Wildman–Crippen MR) is 80.1 cm³/mol. The molecule has 0 N–H and O–H groups in total. The number of hydrogen-bond donors (Lipinski definition) is 0. The molecule has 0 saturated heterocycles. The van der Waals surface area contributed by atoms with Crippen LogP contribution in [0, 0.1) is 0 Å². The maximum atomic E-state index is 12.1. The summed E-state index contributed by atoms with van der Waals surface area (Å²) in [6.07, 6.45) is 3.35. The molecule has 0 aliphatic carbocycles. The van der Waals surface area contributed by atoms with Gasteiger partial charge in [0.15, 0.2) is 17.3 Å². The Bertz CT molecular complexity index is 675. The molecule has 2 aromatic rings. The van der Waals surface area contributed by atoms with E-state index in [2.05, 4.69) is 15.9 Å². The SMILES string of the molecule is O=C(/C=C/c1ccc(Br)cc1)c1ccc2c(c1)OCO2. The van der Waals surface area contributed by atoms with E-state index in [1.807, 2.05) is 24.3 Å². The molecular formula is C16H11BrO3. The Kier molecular flexibility index (Phi) is 3.56. The summed E-state index contributed by atoms with van der Waals surface area (Å²) in [7, 11) is 0. The average Bonchev–Trinajstić information content (AvgIpc) is 2.93. The summed E-state index contributed by atoms with van der Waals surface area (Å²) in [5.41, 5.74) is 1.56. The molecule has 0 bridgehead atoms. The second-order valence-corrected chi connectivity index (χ2v) is 5.23. The zero-order valence-electron chi connectivity index (χ0n) is 10.5. The second kappa shape index (κ2) is 5.51. The van der Waals surface area contributed by atoms with E-state index in [-0.39, 0.29) is 12.6 Å². The number of carbonyl (C=O) groups excluding carboxylic acids is 1. The number of hydrogen-bond acceptors (Lipinski definition) is 3. The first kappa shape index (κ1) is 12.9. The number of rotatable bonds is 3. The summed E-state index contributed by atoms with van der Waals surface area (Å²) < 4.78 is 11.5. The van der Waals surface area contributed by atoms with Gasteiger partial charge in [-0.15, -0.1) is 0 Å². The van der Waals surface area contributed by atoms with Crippen LogP contribution in [0.25, 0.3) is 6.08 Å². The van der Waals surface area contributed by atoms with Crippen molar-refractivity contribution in [1.29, 1.82) is 0 Å². The van der Waals surface area contributed by atoms with E-state index < -0.39 is 0 Å². The zero-order chi connectivity index (χ0) is 13.9. The third-order valence-corrected chi connectivity index (χ3v) is 3.48. The van der Waals surface area contributed by atoms with Crippen LogP contribution in [0.4, 0.5) is 0 Å². The predicted octanol–water partition coefficient (Wildman–Crippen LogP) is 4.07. The molecular weight excluding hydrogens is 320 g/mol. The van der Waals surface area contributed by atoms with E-state index in [1.54, 1.807) is 30.4 Å². The highest BCUT2D eigenvalue weighted by Crippen LogP contribution is 2.32. The van der Waals surface area contributed by atoms with Gasteiger partial charge in [0.1, 0.15) is 0 Å². The van der Waals surface area contributed by atoms with Gasteiger partial charge in [0.25, 0.3) is 0 Å². The molecule has 3 rings (SSSR count). The minimum absolute atomic E-state index is 0.0637. The molecule has 0 amide bonds. The topological polar surface area (TPSA) is 35.5 Å². The first-order valence-corrected chi connectivity index (χ1v) is 6.89. The highest BCUT2D eigenvalue weighted by molar-refractivity contribution is 9.10. The number of ketones is 1. The summed E-state index contributed by atoms with van der Waals surface area (Å²) in [5, 5.41) is 0. The first-order valence-electron chi connectivity index (χ1n) is 6.10. The van der Waals surface area contributed by atoms with E-state index in [0.717, 1.165) is 10.0 Å². The van der Waals surface area contributed by atoms with E-state index in [1.165, 1.54) is 0 Å². The van der Waals surface area contributed by atoms with Gasteiger partial charge in [-0.05, 0) is 42.0 Å². The summed E-state index contributed by atoms with van der Waals surface area (Å²) in [6.45, 7) is 0.210. The van der Waals surface area contributed by atoms with Crippen molar-refractivity contribution in [3.05, 3.63) is 64.1 Å². The molecule has 1 aliphatic heterocycles. The monoisotopic (exact) mass is 330 g/mol. The Balaban J connectivity index is 1.77. The van der Waals surface area contributed by atoms with Gasteiger partial charge >= 0.3 is 0 Å². The second-order valence-electron chi connectivity index (χ2n) is 4.32. The lowest BCUT2D eigenvalue weighted by Gasteiger charge is -1.99. The van der Waals surface area contributed by atoms with Crippen LogP contribution in [0.1, 0.15) is 15.9 Å². The van der Waals surface area contributed by atoms with Crippen molar-refractivity contribution in [3.8, 4) is 11.5 Å². The van der Waals surface area contributed by atoms with Gasteiger partial charge in [-0.3, -0.25) is 4.79 Å². The number of ether oxygens (including phenoxy) is 2. The minimum atomic E-state index is -0.0637. The summed E-state index contributed by atoms with van der Waals surface area (Å²) in [4.78, 5) is 12.1. The standard InChI is InChI=1S/C16H11BrO3/c17-13-5-1-11(2-6-13)3-7-14(18)12-4-8-15-16(9-12)20-10-19-15/h1-9H,10H2/b7-3+. The molecule has 0 saturated carbocycles. The smallest absolute Gasteiger partial charge is 0.231 e. The fourth-order valence-electron chi connectivity index (χ4n) is 1.89. The molecule has 0 radical (unpaired) electrons. The third-order valence-electron chi connectivity index (χ3n) is 2.95. The largest absolute Gasteiger partial charge is 0.454 e. The van der Waals surface area contributed by atoms with Crippen molar-refractivity contribution < 1.29 is 14.3 Å². The molecule has 0 fully saturated rings. The lowest BCUT2D eigenvalue weighted by molar-refractivity contribution is 0.104. The molecule has 0 spiro atoms. The van der Waals surface area contributed by atoms with Gasteiger partial charge in [-0.2, -0.15) is 0 Å². The highest BCUT2D eigenvalue weighted by atomic mass is 79.9. The van der Waals surface area contributed by atoms with Crippen LogP contribution >= 0.6 is 15.9 Å². The maximum Gasteiger partial charge on any atom is 0.231 e. The molecule has 1 aliphatic rings. The van der Waals surface area contributed by atoms with Crippen LogP contribution in [0.15, 0.2) is 53.0 Å². The van der Waals surface area contributed by atoms with Crippen molar-refractivity contribution in [2.45, 2.75) is 0 Å².